The lowest BCUT2D eigenvalue weighted by atomic mass is 9.96. The summed E-state index contributed by atoms with van der Waals surface area (Å²) in [4.78, 5) is 0. The second kappa shape index (κ2) is 11.0. The van der Waals surface area contributed by atoms with Crippen molar-refractivity contribution in [3.63, 3.8) is 0 Å². The highest BCUT2D eigenvalue weighted by molar-refractivity contribution is 5.77. The van der Waals surface area contributed by atoms with E-state index in [0.717, 1.165) is 5.57 Å². The molecule has 20 heavy (non-hydrogen) atoms. The van der Waals surface area contributed by atoms with Gasteiger partial charge in [0.05, 0.1) is 0 Å². The lowest BCUT2D eigenvalue weighted by molar-refractivity contribution is 1.49. The lowest BCUT2D eigenvalue weighted by Crippen LogP contribution is -1.87. The van der Waals surface area contributed by atoms with Gasteiger partial charge in [0.25, 0.3) is 0 Å². The van der Waals surface area contributed by atoms with E-state index in [1.54, 1.807) is 6.08 Å². The maximum Gasteiger partial charge on any atom is -0.0152 e. The third kappa shape index (κ3) is 8.31. The predicted octanol–water partition coefficient (Wildman–Crippen LogP) is 6.67. The van der Waals surface area contributed by atoms with Crippen LogP contribution in [-0.4, -0.2) is 0 Å². The molecular weight excluding hydrogens is 240 g/mol. The van der Waals surface area contributed by atoms with Crippen LogP contribution in [0.25, 0.3) is 11.1 Å². The summed E-state index contributed by atoms with van der Waals surface area (Å²) in [6.45, 7) is 17.0. The van der Waals surface area contributed by atoms with Gasteiger partial charge in [-0.1, -0.05) is 80.5 Å². The third-order valence-corrected chi connectivity index (χ3v) is 2.53. The Balaban J connectivity index is 0.000000499. The predicted molar refractivity (Wildman–Crippen MR) is 94.7 cm³/mol. The van der Waals surface area contributed by atoms with Crippen molar-refractivity contribution in [2.75, 3.05) is 0 Å². The Bertz CT molecular complexity index is 456. The molecular formula is C20H28. The average Bonchev–Trinajstić information content (AvgIpc) is 3.28. The molecule has 1 fully saturated rings. The first-order chi connectivity index (χ1) is 9.58. The molecule has 0 radical (unpaired) electrons. The fraction of sp³-hybridized carbons (Fsp3) is 0.300. The van der Waals surface area contributed by atoms with Crippen molar-refractivity contribution in [3.8, 4) is 0 Å². The summed E-state index contributed by atoms with van der Waals surface area (Å²) in [6.07, 6.45) is 10.1. The molecule has 0 N–H and O–H groups in total. The number of hydrogen-bond acceptors (Lipinski definition) is 0. The summed E-state index contributed by atoms with van der Waals surface area (Å²) in [6, 6.07) is 8.29. The van der Waals surface area contributed by atoms with Gasteiger partial charge in [0.15, 0.2) is 0 Å². The standard InChI is InChI=1S/C14H16.2C3H6/c1-5-8-12(4)14-10-7-6-9-13(14)11(2)3;1-2-3-1;1-3-2/h5-10H,1-2H2,3-4H3;1-3H2;3H,1H2,2H3/b12-8+;;. The molecule has 0 atom stereocenters. The van der Waals surface area contributed by atoms with E-state index in [1.165, 1.54) is 36.0 Å². The molecule has 1 aromatic carbocycles. The van der Waals surface area contributed by atoms with Crippen molar-refractivity contribution < 1.29 is 0 Å². The third-order valence-electron chi connectivity index (χ3n) is 2.53. The van der Waals surface area contributed by atoms with Gasteiger partial charge in [0, 0.05) is 0 Å². The molecule has 0 aliphatic heterocycles. The quantitative estimate of drug-likeness (QED) is 0.424. The zero-order valence-corrected chi connectivity index (χ0v) is 13.3. The van der Waals surface area contributed by atoms with E-state index in [0.29, 0.717) is 0 Å². The summed E-state index contributed by atoms with van der Waals surface area (Å²) in [5.41, 5.74) is 4.76. The molecule has 108 valence electrons. The SMILES string of the molecule is C1CC1.C=C/C=C(\C)c1ccccc1C(=C)C.C=CC. The van der Waals surface area contributed by atoms with E-state index in [1.807, 2.05) is 38.1 Å². The van der Waals surface area contributed by atoms with Gasteiger partial charge in [-0.25, -0.2) is 0 Å². The topological polar surface area (TPSA) is 0 Å². The number of allylic oxidation sites excluding steroid dienone is 5. The minimum Gasteiger partial charge on any atom is -0.103 e. The Labute approximate surface area is 125 Å². The maximum atomic E-state index is 3.98. The molecule has 0 nitrogen and oxygen atoms in total. The molecule has 1 aromatic rings. The molecule has 0 heterocycles. The van der Waals surface area contributed by atoms with Crippen LogP contribution < -0.4 is 0 Å². The van der Waals surface area contributed by atoms with Gasteiger partial charge in [-0.05, 0) is 37.5 Å². The molecule has 1 aliphatic carbocycles. The van der Waals surface area contributed by atoms with Crippen LogP contribution >= 0.6 is 0 Å². The minimum absolute atomic E-state index is 1.09. The molecule has 0 spiro atoms. The van der Waals surface area contributed by atoms with E-state index in [9.17, 15) is 0 Å². The maximum absolute atomic E-state index is 3.98. The Hall–Kier alpha value is -1.82. The van der Waals surface area contributed by atoms with Crippen LogP contribution in [0.3, 0.4) is 0 Å². The van der Waals surface area contributed by atoms with E-state index < -0.39 is 0 Å². The molecule has 0 amide bonds. The van der Waals surface area contributed by atoms with E-state index in [4.69, 9.17) is 0 Å². The van der Waals surface area contributed by atoms with Gasteiger partial charge in [-0.2, -0.15) is 0 Å². The molecule has 0 heteroatoms. The number of benzene rings is 1. The Morgan fingerprint density at radius 1 is 1.00 bits per heavy atom. The lowest BCUT2D eigenvalue weighted by Gasteiger charge is -2.08. The Kier molecular flexibility index (Phi) is 10.0. The summed E-state index contributed by atoms with van der Waals surface area (Å²) >= 11 is 0. The van der Waals surface area contributed by atoms with Crippen LogP contribution in [0.2, 0.25) is 0 Å². The molecule has 0 unspecified atom stereocenters. The van der Waals surface area contributed by atoms with E-state index in [2.05, 4.69) is 38.8 Å². The monoisotopic (exact) mass is 268 g/mol. The highest BCUT2D eigenvalue weighted by Crippen LogP contribution is 2.23. The van der Waals surface area contributed by atoms with Crippen LogP contribution in [0.4, 0.5) is 0 Å². The fourth-order valence-corrected chi connectivity index (χ4v) is 1.47. The van der Waals surface area contributed by atoms with Crippen molar-refractivity contribution in [1.82, 2.24) is 0 Å². The van der Waals surface area contributed by atoms with Crippen molar-refractivity contribution in [3.05, 3.63) is 73.4 Å². The molecule has 0 aromatic heterocycles. The van der Waals surface area contributed by atoms with Gasteiger partial charge in [-0.3, -0.25) is 0 Å². The first kappa shape index (κ1) is 18.2. The second-order valence-corrected chi connectivity index (χ2v) is 4.88. The van der Waals surface area contributed by atoms with Gasteiger partial charge in [-0.15, -0.1) is 6.58 Å². The zero-order chi connectivity index (χ0) is 15.4. The summed E-state index contributed by atoms with van der Waals surface area (Å²) < 4.78 is 0. The largest absolute Gasteiger partial charge is 0.103 e. The van der Waals surface area contributed by atoms with Crippen molar-refractivity contribution in [2.24, 2.45) is 0 Å². The van der Waals surface area contributed by atoms with Gasteiger partial charge in [0.2, 0.25) is 0 Å². The van der Waals surface area contributed by atoms with Crippen LogP contribution in [0.5, 0.6) is 0 Å². The van der Waals surface area contributed by atoms with Gasteiger partial charge < -0.3 is 0 Å². The molecule has 2 rings (SSSR count). The summed E-state index contributed by atoms with van der Waals surface area (Å²) in [5, 5.41) is 0. The van der Waals surface area contributed by atoms with Crippen LogP contribution in [0, 0.1) is 0 Å². The Morgan fingerprint density at radius 2 is 1.45 bits per heavy atom. The molecule has 1 aliphatic rings. The normalized spacial score (nSPS) is 12.1. The number of hydrogen-bond donors (Lipinski definition) is 0. The van der Waals surface area contributed by atoms with Gasteiger partial charge >= 0.3 is 0 Å². The number of rotatable bonds is 3. The first-order valence-corrected chi connectivity index (χ1v) is 7.20. The first-order valence-electron chi connectivity index (χ1n) is 7.20. The highest BCUT2D eigenvalue weighted by Gasteiger charge is 2.02. The van der Waals surface area contributed by atoms with E-state index >= 15 is 0 Å². The minimum atomic E-state index is 1.09. The van der Waals surface area contributed by atoms with Crippen LogP contribution in [-0.2, 0) is 0 Å². The van der Waals surface area contributed by atoms with Crippen LogP contribution in [0.1, 0.15) is 51.2 Å². The zero-order valence-electron chi connectivity index (χ0n) is 13.3. The molecule has 0 saturated heterocycles. The molecule has 0 bridgehead atoms. The van der Waals surface area contributed by atoms with Crippen molar-refractivity contribution in [1.29, 1.82) is 0 Å². The van der Waals surface area contributed by atoms with E-state index in [-0.39, 0.29) is 0 Å². The van der Waals surface area contributed by atoms with Crippen molar-refractivity contribution in [2.45, 2.75) is 40.0 Å². The summed E-state index contributed by atoms with van der Waals surface area (Å²) in [7, 11) is 0. The van der Waals surface area contributed by atoms with Crippen molar-refractivity contribution >= 4 is 11.1 Å². The van der Waals surface area contributed by atoms with Crippen LogP contribution in [0.15, 0.2) is 62.2 Å². The Morgan fingerprint density at radius 3 is 1.80 bits per heavy atom. The average molecular weight is 268 g/mol. The molecule has 1 saturated carbocycles. The smallest absolute Gasteiger partial charge is 0.0152 e. The fourth-order valence-electron chi connectivity index (χ4n) is 1.47. The van der Waals surface area contributed by atoms with Gasteiger partial charge in [0.1, 0.15) is 0 Å². The second-order valence-electron chi connectivity index (χ2n) is 4.88. The summed E-state index contributed by atoms with van der Waals surface area (Å²) in [5.74, 6) is 0. The highest BCUT2D eigenvalue weighted by atomic mass is 14.1.